The Labute approximate surface area is 78.1 Å². The number of rotatable bonds is 1. The van der Waals surface area contributed by atoms with E-state index in [1.165, 1.54) is 7.05 Å². The monoisotopic (exact) mass is 182 g/mol. The van der Waals surface area contributed by atoms with E-state index in [4.69, 9.17) is 10.00 Å². The van der Waals surface area contributed by atoms with Gasteiger partial charge in [-0.15, -0.1) is 0 Å². The summed E-state index contributed by atoms with van der Waals surface area (Å²) >= 11 is 0. The molecule has 1 amide bonds. The van der Waals surface area contributed by atoms with Crippen LogP contribution in [-0.4, -0.2) is 30.6 Å². The molecule has 2 atom stereocenters. The van der Waals surface area contributed by atoms with Crippen molar-refractivity contribution >= 4 is 5.91 Å². The van der Waals surface area contributed by atoms with E-state index in [0.717, 1.165) is 24.3 Å². The Bertz CT molecular complexity index is 234. The van der Waals surface area contributed by atoms with Gasteiger partial charge >= 0.3 is 0 Å². The minimum absolute atomic E-state index is 0.0583. The lowest BCUT2D eigenvalue weighted by Gasteiger charge is -2.28. The van der Waals surface area contributed by atoms with E-state index in [0.29, 0.717) is 0 Å². The van der Waals surface area contributed by atoms with Crippen molar-refractivity contribution in [2.24, 2.45) is 5.92 Å². The summed E-state index contributed by atoms with van der Waals surface area (Å²) in [6.45, 7) is 2.61. The Morgan fingerprint density at radius 3 is 2.92 bits per heavy atom. The summed E-state index contributed by atoms with van der Waals surface area (Å²) in [5.74, 6) is -0.270. The van der Waals surface area contributed by atoms with Gasteiger partial charge in [-0.3, -0.25) is 9.69 Å². The number of carbonyl (C=O) groups is 1. The normalized spacial score (nSPS) is 27.8. The average molecular weight is 182 g/mol. The maximum Gasteiger partial charge on any atom is 0.241 e. The van der Waals surface area contributed by atoms with Crippen molar-refractivity contribution in [1.82, 2.24) is 4.90 Å². The molecule has 72 valence electrons. The van der Waals surface area contributed by atoms with Gasteiger partial charge in [-0.25, -0.2) is 0 Å². The van der Waals surface area contributed by atoms with Gasteiger partial charge in [0.05, 0.1) is 12.0 Å². The number of carbonyl (C=O) groups excluding carboxylic acids is 1. The average Bonchev–Trinajstić information content (AvgIpc) is 2.16. The van der Waals surface area contributed by atoms with Crippen LogP contribution in [0.3, 0.4) is 0 Å². The standard InChI is InChI=1S/C9H14N2O2/c1-7-8(4-3-5-13-7)9(12)11(2)6-10/h7-8H,3-5H2,1-2H3. The van der Waals surface area contributed by atoms with Crippen LogP contribution in [0.1, 0.15) is 19.8 Å². The van der Waals surface area contributed by atoms with Gasteiger partial charge in [-0.1, -0.05) is 0 Å². The van der Waals surface area contributed by atoms with Crippen molar-refractivity contribution in [2.75, 3.05) is 13.7 Å². The van der Waals surface area contributed by atoms with Gasteiger partial charge in [0.2, 0.25) is 5.91 Å². The number of nitriles is 1. The molecule has 1 heterocycles. The highest BCUT2D eigenvalue weighted by molar-refractivity contribution is 5.80. The van der Waals surface area contributed by atoms with Gasteiger partial charge in [0, 0.05) is 13.7 Å². The predicted molar refractivity (Wildman–Crippen MR) is 46.5 cm³/mol. The molecule has 2 unspecified atom stereocenters. The van der Waals surface area contributed by atoms with Crippen molar-refractivity contribution in [3.8, 4) is 6.19 Å². The zero-order valence-corrected chi connectivity index (χ0v) is 7.99. The van der Waals surface area contributed by atoms with Gasteiger partial charge in [0.25, 0.3) is 0 Å². The topological polar surface area (TPSA) is 53.3 Å². The summed E-state index contributed by atoms with van der Waals surface area (Å²) in [6, 6.07) is 0. The lowest BCUT2D eigenvalue weighted by Crippen LogP contribution is -2.39. The Kier molecular flexibility index (Phi) is 3.26. The molecule has 0 N–H and O–H groups in total. The van der Waals surface area contributed by atoms with Crippen LogP contribution in [-0.2, 0) is 9.53 Å². The van der Waals surface area contributed by atoms with Crippen molar-refractivity contribution in [3.05, 3.63) is 0 Å². The van der Waals surface area contributed by atoms with Crippen LogP contribution in [0.15, 0.2) is 0 Å². The fourth-order valence-electron chi connectivity index (χ4n) is 1.55. The second kappa shape index (κ2) is 4.24. The third kappa shape index (κ3) is 2.19. The van der Waals surface area contributed by atoms with Crippen molar-refractivity contribution in [3.63, 3.8) is 0 Å². The van der Waals surface area contributed by atoms with E-state index in [1.54, 1.807) is 0 Å². The minimum atomic E-state index is -0.140. The summed E-state index contributed by atoms with van der Waals surface area (Å²) in [7, 11) is 1.49. The molecule has 0 spiro atoms. The number of hydrogen-bond donors (Lipinski definition) is 0. The Morgan fingerprint density at radius 1 is 1.69 bits per heavy atom. The molecule has 0 aromatic carbocycles. The largest absolute Gasteiger partial charge is 0.378 e. The van der Waals surface area contributed by atoms with Gasteiger partial charge < -0.3 is 4.74 Å². The van der Waals surface area contributed by atoms with Crippen molar-refractivity contribution < 1.29 is 9.53 Å². The van der Waals surface area contributed by atoms with Crippen LogP contribution < -0.4 is 0 Å². The third-order valence-electron chi connectivity index (χ3n) is 2.40. The predicted octanol–water partition coefficient (Wildman–Crippen LogP) is 0.741. The third-order valence-corrected chi connectivity index (χ3v) is 2.40. The summed E-state index contributed by atoms with van der Waals surface area (Å²) in [5, 5.41) is 8.54. The van der Waals surface area contributed by atoms with Crippen LogP contribution in [0, 0.1) is 17.4 Å². The van der Waals surface area contributed by atoms with E-state index in [2.05, 4.69) is 0 Å². The molecule has 0 radical (unpaired) electrons. The maximum atomic E-state index is 11.6. The quantitative estimate of drug-likeness (QED) is 0.444. The number of nitrogens with zero attached hydrogens (tertiary/aromatic N) is 2. The first-order valence-electron chi connectivity index (χ1n) is 4.45. The van der Waals surface area contributed by atoms with Crippen molar-refractivity contribution in [1.29, 1.82) is 5.26 Å². The van der Waals surface area contributed by atoms with Gasteiger partial charge in [0.15, 0.2) is 6.19 Å². The summed E-state index contributed by atoms with van der Waals surface area (Å²) in [4.78, 5) is 12.6. The van der Waals surface area contributed by atoms with E-state index in [9.17, 15) is 4.79 Å². The molecule has 0 saturated carbocycles. The summed E-state index contributed by atoms with van der Waals surface area (Å²) < 4.78 is 5.35. The molecule has 1 rings (SSSR count). The first-order valence-corrected chi connectivity index (χ1v) is 4.45. The van der Waals surface area contributed by atoms with Crippen molar-refractivity contribution in [2.45, 2.75) is 25.9 Å². The first kappa shape index (κ1) is 10.0. The number of ether oxygens (including phenoxy) is 1. The molecule has 0 aromatic heterocycles. The van der Waals surface area contributed by atoms with E-state index in [-0.39, 0.29) is 17.9 Å². The second-order valence-corrected chi connectivity index (χ2v) is 3.32. The van der Waals surface area contributed by atoms with Crippen LogP contribution >= 0.6 is 0 Å². The molecule has 4 heteroatoms. The highest BCUT2D eigenvalue weighted by Crippen LogP contribution is 2.21. The number of hydrogen-bond acceptors (Lipinski definition) is 3. The van der Waals surface area contributed by atoms with E-state index in [1.807, 2.05) is 13.1 Å². The highest BCUT2D eigenvalue weighted by Gasteiger charge is 2.30. The van der Waals surface area contributed by atoms with Crippen LogP contribution in [0.5, 0.6) is 0 Å². The molecule has 0 aliphatic carbocycles. The highest BCUT2D eigenvalue weighted by atomic mass is 16.5. The lowest BCUT2D eigenvalue weighted by atomic mass is 9.94. The summed E-state index contributed by atoms with van der Waals surface area (Å²) in [5.41, 5.74) is 0. The Morgan fingerprint density at radius 2 is 2.38 bits per heavy atom. The van der Waals surface area contributed by atoms with Gasteiger partial charge in [0.1, 0.15) is 0 Å². The smallest absolute Gasteiger partial charge is 0.241 e. The zero-order chi connectivity index (χ0) is 9.84. The SMILES string of the molecule is CC1OCCCC1C(=O)N(C)C#N. The van der Waals surface area contributed by atoms with Gasteiger partial charge in [-0.05, 0) is 19.8 Å². The molecule has 1 aliphatic rings. The molecular formula is C9H14N2O2. The molecular weight excluding hydrogens is 168 g/mol. The molecule has 0 aromatic rings. The fraction of sp³-hybridized carbons (Fsp3) is 0.778. The van der Waals surface area contributed by atoms with Crippen LogP contribution in [0.2, 0.25) is 0 Å². The van der Waals surface area contributed by atoms with E-state index >= 15 is 0 Å². The zero-order valence-electron chi connectivity index (χ0n) is 7.99. The lowest BCUT2D eigenvalue weighted by molar-refractivity contribution is -0.139. The molecule has 0 bridgehead atoms. The van der Waals surface area contributed by atoms with E-state index < -0.39 is 0 Å². The van der Waals surface area contributed by atoms with Crippen LogP contribution in [0.25, 0.3) is 0 Å². The second-order valence-electron chi connectivity index (χ2n) is 3.32. The molecule has 1 fully saturated rings. The fourth-order valence-corrected chi connectivity index (χ4v) is 1.55. The molecule has 4 nitrogen and oxygen atoms in total. The first-order chi connectivity index (χ1) is 6.16. The van der Waals surface area contributed by atoms with Gasteiger partial charge in [-0.2, -0.15) is 5.26 Å². The minimum Gasteiger partial charge on any atom is -0.378 e. The molecule has 1 aliphatic heterocycles. The maximum absolute atomic E-state index is 11.6. The van der Waals surface area contributed by atoms with Crippen LogP contribution in [0.4, 0.5) is 0 Å². The number of amides is 1. The molecule has 1 saturated heterocycles. The molecule has 13 heavy (non-hydrogen) atoms. The summed E-state index contributed by atoms with van der Waals surface area (Å²) in [6.07, 6.45) is 3.48. The Hall–Kier alpha value is -1.08. The Balaban J connectivity index is 2.59.